The molecule has 5 aromatic heterocycles. The minimum Gasteiger partial charge on any atom is -0.332 e. The summed E-state index contributed by atoms with van der Waals surface area (Å²) in [5.74, 6) is -0.334. The van der Waals surface area contributed by atoms with Crippen LogP contribution < -0.4 is 4.90 Å². The zero-order valence-electron chi connectivity index (χ0n) is 16.4. The maximum absolute atomic E-state index is 12.8. The first kappa shape index (κ1) is 20.1. The molecule has 32 heavy (non-hydrogen) atoms. The third kappa shape index (κ3) is 3.77. The van der Waals surface area contributed by atoms with Crippen molar-refractivity contribution in [3.8, 4) is 10.7 Å². The third-order valence-corrected chi connectivity index (χ3v) is 5.63. The maximum atomic E-state index is 12.8. The summed E-state index contributed by atoms with van der Waals surface area (Å²) in [6, 6.07) is 5.27. The van der Waals surface area contributed by atoms with Crippen LogP contribution in [0.4, 0.5) is 24.8 Å². The van der Waals surface area contributed by atoms with E-state index in [1.54, 1.807) is 43.2 Å². The van der Waals surface area contributed by atoms with Gasteiger partial charge in [-0.1, -0.05) is 5.16 Å². The highest BCUT2D eigenvalue weighted by atomic mass is 32.1. The van der Waals surface area contributed by atoms with Crippen LogP contribution in [0.5, 0.6) is 0 Å². The Morgan fingerprint density at radius 3 is 2.72 bits per heavy atom. The molecule has 0 N–H and O–H groups in total. The Labute approximate surface area is 182 Å². The van der Waals surface area contributed by atoms with Crippen molar-refractivity contribution in [2.75, 3.05) is 4.90 Å². The largest absolute Gasteiger partial charge is 0.471 e. The van der Waals surface area contributed by atoms with E-state index in [0.717, 1.165) is 15.9 Å². The van der Waals surface area contributed by atoms with Gasteiger partial charge in [-0.3, -0.25) is 4.98 Å². The SMILES string of the molecule is Cn1cnc2cc(N(Cc3ccc(-c4noc(C(F)(F)F)n4)s3)c3cnccn3)ncc21. The van der Waals surface area contributed by atoms with Crippen LogP contribution in [0.2, 0.25) is 0 Å². The number of halogens is 3. The molecule has 0 aliphatic heterocycles. The number of hydrogen-bond donors (Lipinski definition) is 0. The number of hydrogen-bond acceptors (Lipinski definition) is 9. The van der Waals surface area contributed by atoms with Gasteiger partial charge in [0.1, 0.15) is 5.82 Å². The highest BCUT2D eigenvalue weighted by Gasteiger charge is 2.38. The molecule has 0 spiro atoms. The molecule has 162 valence electrons. The number of nitrogens with zero attached hydrogens (tertiary/aromatic N) is 8. The molecule has 0 aromatic carbocycles. The predicted molar refractivity (Wildman–Crippen MR) is 109 cm³/mol. The van der Waals surface area contributed by atoms with Gasteiger partial charge in [0.2, 0.25) is 5.82 Å². The molecular formula is C19H13F3N8OS. The Bertz CT molecular complexity index is 1380. The van der Waals surface area contributed by atoms with E-state index in [0.29, 0.717) is 23.1 Å². The summed E-state index contributed by atoms with van der Waals surface area (Å²) >= 11 is 1.25. The van der Waals surface area contributed by atoms with Crippen molar-refractivity contribution in [1.29, 1.82) is 0 Å². The normalized spacial score (nSPS) is 11.9. The molecule has 0 bridgehead atoms. The number of pyridine rings is 1. The topological polar surface area (TPSA) is 98.7 Å². The quantitative estimate of drug-likeness (QED) is 0.386. The molecule has 0 fully saturated rings. The zero-order valence-corrected chi connectivity index (χ0v) is 17.2. The maximum Gasteiger partial charge on any atom is 0.471 e. The smallest absolute Gasteiger partial charge is 0.332 e. The van der Waals surface area contributed by atoms with E-state index in [9.17, 15) is 13.2 Å². The Morgan fingerprint density at radius 2 is 1.97 bits per heavy atom. The standard InChI is InChI=1S/C19H13F3N8OS/c1-29-10-26-12-6-15(25-7-13(12)29)30(16-8-23-4-5-24-16)9-11-2-3-14(32-11)17-27-18(31-28-17)19(20,21)22/h2-8,10H,9H2,1H3. The number of rotatable bonds is 5. The molecule has 0 unspecified atom stereocenters. The lowest BCUT2D eigenvalue weighted by Crippen LogP contribution is -2.18. The summed E-state index contributed by atoms with van der Waals surface area (Å²) in [6.07, 6.45) is 3.47. The van der Waals surface area contributed by atoms with Crippen LogP contribution in [0.1, 0.15) is 10.8 Å². The lowest BCUT2D eigenvalue weighted by atomic mass is 10.3. The first-order chi connectivity index (χ1) is 15.4. The van der Waals surface area contributed by atoms with E-state index in [4.69, 9.17) is 0 Å². The Morgan fingerprint density at radius 1 is 1.09 bits per heavy atom. The number of imidazole rings is 1. The fraction of sp³-hybridized carbons (Fsp3) is 0.158. The summed E-state index contributed by atoms with van der Waals surface area (Å²) in [5, 5.41) is 3.44. The average Bonchev–Trinajstić information content (AvgIpc) is 3.52. The minimum atomic E-state index is -4.69. The van der Waals surface area contributed by atoms with E-state index in [1.807, 2.05) is 22.6 Å². The molecule has 0 amide bonds. The van der Waals surface area contributed by atoms with E-state index in [1.165, 1.54) is 11.3 Å². The van der Waals surface area contributed by atoms with Crippen molar-refractivity contribution in [1.82, 2.24) is 34.6 Å². The van der Waals surface area contributed by atoms with Crippen LogP contribution in [0.15, 0.2) is 53.8 Å². The molecule has 13 heteroatoms. The van der Waals surface area contributed by atoms with Crippen LogP contribution in [0.3, 0.4) is 0 Å². The van der Waals surface area contributed by atoms with Gasteiger partial charge in [-0.25, -0.2) is 15.0 Å². The lowest BCUT2D eigenvalue weighted by Gasteiger charge is -2.21. The van der Waals surface area contributed by atoms with Gasteiger partial charge in [0, 0.05) is 30.4 Å². The molecule has 0 aliphatic rings. The van der Waals surface area contributed by atoms with Crippen LogP contribution in [-0.2, 0) is 19.8 Å². The number of aromatic nitrogens is 7. The number of thiophene rings is 1. The molecule has 0 saturated carbocycles. The molecule has 0 aliphatic carbocycles. The van der Waals surface area contributed by atoms with Gasteiger partial charge in [0.05, 0.1) is 41.2 Å². The Kier molecular flexibility index (Phi) is 4.81. The number of aryl methyl sites for hydroxylation is 1. The van der Waals surface area contributed by atoms with Crippen molar-refractivity contribution in [3.05, 3.63) is 60.1 Å². The van der Waals surface area contributed by atoms with Gasteiger partial charge >= 0.3 is 12.1 Å². The predicted octanol–water partition coefficient (Wildman–Crippen LogP) is 4.23. The highest BCUT2D eigenvalue weighted by molar-refractivity contribution is 7.15. The van der Waals surface area contributed by atoms with Gasteiger partial charge in [0.25, 0.3) is 0 Å². The molecule has 5 heterocycles. The first-order valence-electron chi connectivity index (χ1n) is 9.19. The van der Waals surface area contributed by atoms with Crippen molar-refractivity contribution in [2.24, 2.45) is 7.05 Å². The van der Waals surface area contributed by atoms with Gasteiger partial charge in [-0.05, 0) is 12.1 Å². The second-order valence-corrected chi connectivity index (χ2v) is 7.89. The van der Waals surface area contributed by atoms with Crippen molar-refractivity contribution >= 4 is 34.0 Å². The second-order valence-electron chi connectivity index (χ2n) is 6.72. The van der Waals surface area contributed by atoms with E-state index < -0.39 is 12.1 Å². The minimum absolute atomic E-state index is 0.118. The van der Waals surface area contributed by atoms with Gasteiger partial charge < -0.3 is 14.0 Å². The van der Waals surface area contributed by atoms with E-state index in [-0.39, 0.29) is 5.82 Å². The van der Waals surface area contributed by atoms with Crippen molar-refractivity contribution < 1.29 is 17.7 Å². The highest BCUT2D eigenvalue weighted by Crippen LogP contribution is 2.33. The number of anilines is 2. The third-order valence-electron chi connectivity index (χ3n) is 4.56. The molecule has 5 rings (SSSR count). The number of alkyl halides is 3. The fourth-order valence-corrected chi connectivity index (χ4v) is 3.97. The van der Waals surface area contributed by atoms with Gasteiger partial charge in [-0.15, -0.1) is 11.3 Å². The monoisotopic (exact) mass is 458 g/mol. The summed E-state index contributed by atoms with van der Waals surface area (Å²) in [7, 11) is 1.88. The van der Waals surface area contributed by atoms with Gasteiger partial charge in [0.15, 0.2) is 5.82 Å². The summed E-state index contributed by atoms with van der Waals surface area (Å²) in [6.45, 7) is 0.346. The van der Waals surface area contributed by atoms with Crippen molar-refractivity contribution in [3.63, 3.8) is 0 Å². The first-order valence-corrected chi connectivity index (χ1v) is 10.0. The fourth-order valence-electron chi connectivity index (χ4n) is 3.05. The summed E-state index contributed by atoms with van der Waals surface area (Å²) < 4.78 is 44.5. The van der Waals surface area contributed by atoms with E-state index >= 15 is 0 Å². The molecule has 0 radical (unpaired) electrons. The van der Waals surface area contributed by atoms with Crippen LogP contribution in [0, 0.1) is 0 Å². The van der Waals surface area contributed by atoms with Crippen LogP contribution in [-0.4, -0.2) is 34.6 Å². The van der Waals surface area contributed by atoms with E-state index in [2.05, 4.69) is 34.6 Å². The summed E-state index contributed by atoms with van der Waals surface area (Å²) in [4.78, 5) is 24.0. The van der Waals surface area contributed by atoms with Crippen LogP contribution >= 0.6 is 11.3 Å². The molecule has 0 saturated heterocycles. The Balaban J connectivity index is 1.48. The molecule has 9 nitrogen and oxygen atoms in total. The van der Waals surface area contributed by atoms with Crippen LogP contribution in [0.25, 0.3) is 21.7 Å². The number of fused-ring (bicyclic) bond motifs is 1. The zero-order chi connectivity index (χ0) is 22.3. The van der Waals surface area contributed by atoms with Gasteiger partial charge in [-0.2, -0.15) is 18.2 Å². The lowest BCUT2D eigenvalue weighted by molar-refractivity contribution is -0.159. The molecular weight excluding hydrogens is 445 g/mol. The molecule has 0 atom stereocenters. The average molecular weight is 458 g/mol. The Hall–Kier alpha value is -3.87. The molecule has 5 aromatic rings. The summed E-state index contributed by atoms with van der Waals surface area (Å²) in [5.41, 5.74) is 1.65. The van der Waals surface area contributed by atoms with Crippen molar-refractivity contribution in [2.45, 2.75) is 12.7 Å². The second kappa shape index (κ2) is 7.67.